The number of rotatable bonds is 2. The third kappa shape index (κ3) is 1.43. The van der Waals surface area contributed by atoms with E-state index in [2.05, 4.69) is 4.99 Å². The van der Waals surface area contributed by atoms with Crippen LogP contribution in [-0.4, -0.2) is 22.8 Å². The van der Waals surface area contributed by atoms with E-state index >= 15 is 0 Å². The molecule has 0 heterocycles. The van der Waals surface area contributed by atoms with Gasteiger partial charge in [0.05, 0.1) is 11.6 Å². The van der Waals surface area contributed by atoms with Gasteiger partial charge in [0, 0.05) is 0 Å². The molecule has 2 fully saturated rings. The predicted molar refractivity (Wildman–Crippen MR) is 48.1 cm³/mol. The van der Waals surface area contributed by atoms with Gasteiger partial charge in [0.2, 0.25) is 6.08 Å². The summed E-state index contributed by atoms with van der Waals surface area (Å²) in [5, 5.41) is 9.28. The van der Waals surface area contributed by atoms with E-state index in [0.29, 0.717) is 18.8 Å². The number of carbonyl (C=O) groups excluding carboxylic acids is 1. The molecule has 1 N–H and O–H groups in total. The summed E-state index contributed by atoms with van der Waals surface area (Å²) in [4.78, 5) is 14.2. The zero-order valence-electron chi connectivity index (χ0n) is 7.70. The first-order chi connectivity index (χ1) is 6.27. The van der Waals surface area contributed by atoms with Gasteiger partial charge >= 0.3 is 0 Å². The Morgan fingerprint density at radius 2 is 1.92 bits per heavy atom. The molecule has 2 rings (SSSR count). The van der Waals surface area contributed by atoms with E-state index in [1.54, 1.807) is 6.08 Å². The second-order valence-corrected chi connectivity index (χ2v) is 4.35. The van der Waals surface area contributed by atoms with Gasteiger partial charge in [-0.1, -0.05) is 12.8 Å². The Kier molecular flexibility index (Phi) is 2.22. The third-order valence-electron chi connectivity index (χ3n) is 3.56. The fourth-order valence-corrected chi connectivity index (χ4v) is 2.83. The maximum absolute atomic E-state index is 10.3. The summed E-state index contributed by atoms with van der Waals surface area (Å²) in [5.41, 5.74) is -0.225. The Morgan fingerprint density at radius 3 is 2.38 bits per heavy atom. The zero-order chi connectivity index (χ0) is 9.31. The van der Waals surface area contributed by atoms with Crippen LogP contribution in [0.5, 0.6) is 0 Å². The van der Waals surface area contributed by atoms with Crippen molar-refractivity contribution >= 4 is 6.08 Å². The molecule has 0 aromatic heterocycles. The van der Waals surface area contributed by atoms with Crippen LogP contribution < -0.4 is 0 Å². The van der Waals surface area contributed by atoms with Crippen LogP contribution in [0, 0.1) is 5.92 Å². The summed E-state index contributed by atoms with van der Waals surface area (Å²) in [6.45, 7) is 0. The highest BCUT2D eigenvalue weighted by atomic mass is 16.3. The monoisotopic (exact) mass is 181 g/mol. The highest BCUT2D eigenvalue weighted by Gasteiger charge is 2.50. The van der Waals surface area contributed by atoms with Crippen LogP contribution in [0.25, 0.3) is 0 Å². The quantitative estimate of drug-likeness (QED) is 0.517. The van der Waals surface area contributed by atoms with Crippen molar-refractivity contribution in [1.29, 1.82) is 0 Å². The molecule has 13 heavy (non-hydrogen) atoms. The van der Waals surface area contributed by atoms with Crippen molar-refractivity contribution in [3.8, 4) is 0 Å². The highest BCUT2D eigenvalue weighted by molar-refractivity contribution is 5.36. The van der Waals surface area contributed by atoms with Crippen LogP contribution in [0.2, 0.25) is 0 Å². The maximum atomic E-state index is 10.3. The fraction of sp³-hybridized carbons (Fsp3) is 0.900. The van der Waals surface area contributed by atoms with Gasteiger partial charge in [-0.3, -0.25) is 0 Å². The molecule has 0 aromatic carbocycles. The molecule has 72 valence electrons. The number of aliphatic hydroxyl groups excluding tert-OH is 1. The summed E-state index contributed by atoms with van der Waals surface area (Å²) < 4.78 is 0. The molecule has 2 aliphatic carbocycles. The van der Waals surface area contributed by atoms with Gasteiger partial charge in [-0.15, -0.1) is 0 Å². The van der Waals surface area contributed by atoms with Crippen molar-refractivity contribution in [3.05, 3.63) is 0 Å². The number of hydrogen-bond acceptors (Lipinski definition) is 3. The van der Waals surface area contributed by atoms with Crippen LogP contribution in [0.15, 0.2) is 4.99 Å². The molecule has 0 spiro atoms. The van der Waals surface area contributed by atoms with E-state index in [0.717, 1.165) is 12.8 Å². The minimum atomic E-state index is -0.238. The topological polar surface area (TPSA) is 49.7 Å². The smallest absolute Gasteiger partial charge is 0.235 e. The van der Waals surface area contributed by atoms with Gasteiger partial charge in [0.25, 0.3) is 0 Å². The minimum Gasteiger partial charge on any atom is -0.393 e. The molecule has 0 aromatic rings. The molecular formula is C10H15NO2. The van der Waals surface area contributed by atoms with Crippen molar-refractivity contribution in [2.24, 2.45) is 10.9 Å². The number of hydrogen-bond donors (Lipinski definition) is 1. The molecule has 2 aliphatic rings. The summed E-state index contributed by atoms with van der Waals surface area (Å²) in [6, 6.07) is 0. The lowest BCUT2D eigenvalue weighted by atomic mass is 9.66. The number of aliphatic hydroxyl groups is 1. The lowest BCUT2D eigenvalue weighted by Gasteiger charge is -2.45. The molecule has 0 atom stereocenters. The summed E-state index contributed by atoms with van der Waals surface area (Å²) >= 11 is 0. The summed E-state index contributed by atoms with van der Waals surface area (Å²) in [7, 11) is 0. The van der Waals surface area contributed by atoms with Gasteiger partial charge in [0.1, 0.15) is 0 Å². The van der Waals surface area contributed by atoms with Crippen LogP contribution >= 0.6 is 0 Å². The van der Waals surface area contributed by atoms with E-state index in [1.807, 2.05) is 0 Å². The molecule has 0 unspecified atom stereocenters. The first-order valence-electron chi connectivity index (χ1n) is 5.04. The van der Waals surface area contributed by atoms with E-state index in [9.17, 15) is 9.90 Å². The summed E-state index contributed by atoms with van der Waals surface area (Å²) in [6.07, 6.45) is 7.60. The largest absolute Gasteiger partial charge is 0.393 e. The van der Waals surface area contributed by atoms with Crippen molar-refractivity contribution in [2.45, 2.75) is 50.2 Å². The average molecular weight is 181 g/mol. The van der Waals surface area contributed by atoms with E-state index in [4.69, 9.17) is 0 Å². The Balaban J connectivity index is 2.09. The van der Waals surface area contributed by atoms with Gasteiger partial charge in [-0.2, -0.15) is 4.99 Å². The molecular weight excluding hydrogens is 166 g/mol. The SMILES string of the molecule is O=C=NC1(C2CCCC2)CC(O)C1. The lowest BCUT2D eigenvalue weighted by molar-refractivity contribution is -0.00546. The number of aliphatic imine (C=N–C) groups is 1. The van der Waals surface area contributed by atoms with Crippen molar-refractivity contribution < 1.29 is 9.90 Å². The van der Waals surface area contributed by atoms with Crippen molar-refractivity contribution in [1.82, 2.24) is 0 Å². The second-order valence-electron chi connectivity index (χ2n) is 4.35. The standard InChI is InChI=1S/C10H15NO2/c12-7-11-10(5-9(13)6-10)8-3-1-2-4-8/h8-9,13H,1-6H2. The predicted octanol–water partition coefficient (Wildman–Crippen LogP) is 1.41. The molecule has 0 bridgehead atoms. The third-order valence-corrected chi connectivity index (χ3v) is 3.56. The van der Waals surface area contributed by atoms with Gasteiger partial charge < -0.3 is 5.11 Å². The molecule has 3 nitrogen and oxygen atoms in total. The number of isocyanates is 1. The number of nitrogens with zero attached hydrogens (tertiary/aromatic N) is 1. The van der Waals surface area contributed by atoms with E-state index in [1.165, 1.54) is 12.8 Å². The van der Waals surface area contributed by atoms with Gasteiger partial charge in [-0.25, -0.2) is 4.79 Å². The first-order valence-corrected chi connectivity index (χ1v) is 5.04. The minimum absolute atomic E-state index is 0.225. The Morgan fingerprint density at radius 1 is 1.31 bits per heavy atom. The zero-order valence-corrected chi connectivity index (χ0v) is 7.70. The average Bonchev–Trinajstić information content (AvgIpc) is 2.53. The van der Waals surface area contributed by atoms with E-state index < -0.39 is 0 Å². The maximum Gasteiger partial charge on any atom is 0.235 e. The van der Waals surface area contributed by atoms with Crippen LogP contribution in [0.3, 0.4) is 0 Å². The Hall–Kier alpha value is -0.660. The van der Waals surface area contributed by atoms with E-state index in [-0.39, 0.29) is 11.6 Å². The molecule has 0 amide bonds. The molecule has 0 radical (unpaired) electrons. The lowest BCUT2D eigenvalue weighted by Crippen LogP contribution is -2.50. The van der Waals surface area contributed by atoms with Crippen molar-refractivity contribution in [3.63, 3.8) is 0 Å². The van der Waals surface area contributed by atoms with Gasteiger partial charge in [-0.05, 0) is 31.6 Å². The molecule has 0 aliphatic heterocycles. The van der Waals surface area contributed by atoms with Crippen LogP contribution in [-0.2, 0) is 4.79 Å². The Labute approximate surface area is 77.9 Å². The first kappa shape index (κ1) is 8.92. The normalized spacial score (nSPS) is 39.6. The highest BCUT2D eigenvalue weighted by Crippen LogP contribution is 2.48. The Bertz CT molecular complexity index is 233. The molecule has 2 saturated carbocycles. The van der Waals surface area contributed by atoms with Crippen LogP contribution in [0.4, 0.5) is 0 Å². The molecule has 0 saturated heterocycles. The second kappa shape index (κ2) is 3.24. The van der Waals surface area contributed by atoms with Crippen LogP contribution in [0.1, 0.15) is 38.5 Å². The fourth-order valence-electron chi connectivity index (χ4n) is 2.83. The molecule has 3 heteroatoms. The van der Waals surface area contributed by atoms with Gasteiger partial charge in [0.15, 0.2) is 0 Å². The summed E-state index contributed by atoms with van der Waals surface area (Å²) in [5.74, 6) is 0.525. The van der Waals surface area contributed by atoms with Crippen molar-refractivity contribution in [2.75, 3.05) is 0 Å².